The van der Waals surface area contributed by atoms with Crippen LogP contribution in [0.3, 0.4) is 0 Å². The molecule has 0 radical (unpaired) electrons. The van der Waals surface area contributed by atoms with Gasteiger partial charge in [-0.1, -0.05) is 11.2 Å². The van der Waals surface area contributed by atoms with E-state index >= 15 is 0 Å². The fourth-order valence-electron chi connectivity index (χ4n) is 6.51. The Bertz CT molecular complexity index is 1560. The minimum absolute atomic E-state index is 0.0533. The van der Waals surface area contributed by atoms with Crippen LogP contribution >= 0.6 is 0 Å². The monoisotopic (exact) mass is 546 g/mol. The third kappa shape index (κ3) is 4.56. The summed E-state index contributed by atoms with van der Waals surface area (Å²) >= 11 is 0. The zero-order chi connectivity index (χ0) is 28.2. The predicted molar refractivity (Wildman–Crippen MR) is 150 cm³/mol. The molecule has 0 spiro atoms. The summed E-state index contributed by atoms with van der Waals surface area (Å²) in [5.41, 5.74) is 4.36. The lowest BCUT2D eigenvalue weighted by Crippen LogP contribution is -2.40. The van der Waals surface area contributed by atoms with Crippen LogP contribution in [0.5, 0.6) is 5.75 Å². The predicted octanol–water partition coefficient (Wildman–Crippen LogP) is 6.58. The van der Waals surface area contributed by atoms with Gasteiger partial charge >= 0.3 is 0 Å². The van der Waals surface area contributed by atoms with E-state index in [0.29, 0.717) is 31.4 Å². The number of amides is 1. The highest BCUT2D eigenvalue weighted by atomic mass is 19.1. The number of aliphatic hydroxyl groups is 1. The van der Waals surface area contributed by atoms with Gasteiger partial charge in [-0.3, -0.25) is 4.79 Å². The molecule has 9 heteroatoms. The summed E-state index contributed by atoms with van der Waals surface area (Å²) in [4.78, 5) is 20.3. The summed E-state index contributed by atoms with van der Waals surface area (Å²) in [6.07, 6.45) is 4.81. The van der Waals surface area contributed by atoms with Crippen LogP contribution in [0.2, 0.25) is 0 Å². The maximum Gasteiger partial charge on any atom is 0.227 e. The Morgan fingerprint density at radius 2 is 1.90 bits per heavy atom. The van der Waals surface area contributed by atoms with E-state index in [-0.39, 0.29) is 23.7 Å². The van der Waals surface area contributed by atoms with Crippen molar-refractivity contribution in [3.05, 3.63) is 59.5 Å². The molecule has 0 unspecified atom stereocenters. The van der Waals surface area contributed by atoms with E-state index < -0.39 is 11.4 Å². The number of carbonyl (C=O) groups excluding carboxylic acids is 1. The second-order valence-corrected chi connectivity index (χ2v) is 11.5. The number of anilines is 1. The highest BCUT2D eigenvalue weighted by Gasteiger charge is 2.38. The van der Waals surface area contributed by atoms with Gasteiger partial charge in [0.25, 0.3) is 0 Å². The van der Waals surface area contributed by atoms with Gasteiger partial charge in [-0.15, -0.1) is 0 Å². The first kappa shape index (κ1) is 26.5. The van der Waals surface area contributed by atoms with Crippen LogP contribution in [0.1, 0.15) is 81.2 Å². The molecule has 1 saturated heterocycles. The Morgan fingerprint density at radius 1 is 1.12 bits per heavy atom. The van der Waals surface area contributed by atoms with Gasteiger partial charge < -0.3 is 23.8 Å². The molecule has 2 fully saturated rings. The Kier molecular flexibility index (Phi) is 6.65. The number of hydrogen-bond acceptors (Lipinski definition) is 6. The van der Waals surface area contributed by atoms with Crippen molar-refractivity contribution in [1.82, 2.24) is 14.7 Å². The Morgan fingerprint density at radius 3 is 2.58 bits per heavy atom. The lowest BCUT2D eigenvalue weighted by atomic mass is 9.83. The summed E-state index contributed by atoms with van der Waals surface area (Å²) in [6.45, 7) is 5.72. The highest BCUT2D eigenvalue weighted by Crippen LogP contribution is 2.43. The quantitative estimate of drug-likeness (QED) is 0.304. The molecule has 2 aromatic carbocycles. The van der Waals surface area contributed by atoms with Crippen LogP contribution in [0.4, 0.5) is 10.1 Å². The van der Waals surface area contributed by atoms with Crippen LogP contribution in [0.15, 0.2) is 40.9 Å². The van der Waals surface area contributed by atoms with Crippen LogP contribution in [-0.2, 0) is 4.79 Å². The van der Waals surface area contributed by atoms with Crippen molar-refractivity contribution >= 4 is 22.6 Å². The fraction of sp³-hybridized carbons (Fsp3) is 0.452. The summed E-state index contributed by atoms with van der Waals surface area (Å²) in [5.74, 6) is 1.11. The van der Waals surface area contributed by atoms with E-state index in [0.717, 1.165) is 58.7 Å². The molecule has 3 heterocycles. The third-order valence-corrected chi connectivity index (χ3v) is 8.60. The Balaban J connectivity index is 1.50. The zero-order valence-electron chi connectivity index (χ0n) is 23.4. The topological polar surface area (TPSA) is 93.6 Å². The molecular weight excluding hydrogens is 511 g/mol. The number of nitrogens with zero attached hydrogens (tertiary/aromatic N) is 4. The Labute approximate surface area is 232 Å². The van der Waals surface area contributed by atoms with Crippen LogP contribution in [-0.4, -0.2) is 38.4 Å². The van der Waals surface area contributed by atoms with Crippen molar-refractivity contribution in [1.29, 1.82) is 0 Å². The zero-order valence-corrected chi connectivity index (χ0v) is 23.4. The molecule has 210 valence electrons. The normalized spacial score (nSPS) is 23.6. The Hall–Kier alpha value is -3.72. The van der Waals surface area contributed by atoms with Crippen molar-refractivity contribution in [2.24, 2.45) is 0 Å². The first-order valence-corrected chi connectivity index (χ1v) is 14.0. The molecule has 40 heavy (non-hydrogen) atoms. The van der Waals surface area contributed by atoms with E-state index in [1.165, 1.54) is 13.2 Å². The maximum atomic E-state index is 14.8. The minimum Gasteiger partial charge on any atom is -0.494 e. The number of rotatable bonds is 5. The minimum atomic E-state index is -0.684. The SMILES string of the molecule is COc1ccc(N2C(=O)CCC[C@H]2c2nc3cc(-c4c(C)noc4C)ccc3n2[C@H]2CC[C@@](C)(O)CC2)cc1F. The number of carbonyl (C=O) groups is 1. The molecule has 0 bridgehead atoms. The lowest BCUT2D eigenvalue weighted by molar-refractivity contribution is -0.120. The van der Waals surface area contributed by atoms with Crippen molar-refractivity contribution in [3.63, 3.8) is 0 Å². The van der Waals surface area contributed by atoms with E-state index in [9.17, 15) is 14.3 Å². The number of aryl methyl sites for hydroxylation is 2. The van der Waals surface area contributed by atoms with Gasteiger partial charge in [-0.05, 0) is 89.1 Å². The number of ether oxygens (including phenoxy) is 1. The number of hydrogen-bond donors (Lipinski definition) is 1. The molecule has 1 aliphatic heterocycles. The molecule has 8 nitrogen and oxygen atoms in total. The number of methoxy groups -OCH3 is 1. The summed E-state index contributed by atoms with van der Waals surface area (Å²) < 4.78 is 27.6. The molecule has 2 aromatic heterocycles. The standard InChI is InChI=1S/C31H35FN4O4/c1-18-29(19(2)40-34-18)20-8-10-25-24(16-20)33-30(36(25)21-12-14-31(3,38)15-13-21)26-6-5-7-28(37)35(26)22-9-11-27(39-4)23(32)17-22/h8-11,16-17,21,26,38H,5-7,12-15H2,1-4H3/t21-,26-,31+/m0/s1. The second-order valence-electron chi connectivity index (χ2n) is 11.5. The number of fused-ring (bicyclic) bond motifs is 1. The van der Waals surface area contributed by atoms with Gasteiger partial charge in [0.15, 0.2) is 11.6 Å². The lowest BCUT2D eigenvalue weighted by Gasteiger charge is -2.38. The molecule has 1 amide bonds. The van der Waals surface area contributed by atoms with Gasteiger partial charge in [0.2, 0.25) is 5.91 Å². The number of imidazole rings is 1. The van der Waals surface area contributed by atoms with E-state index in [1.54, 1.807) is 17.0 Å². The van der Waals surface area contributed by atoms with Crippen LogP contribution in [0, 0.1) is 19.7 Å². The molecule has 1 aliphatic carbocycles. The molecule has 1 atom stereocenters. The molecule has 1 N–H and O–H groups in total. The first-order chi connectivity index (χ1) is 19.2. The highest BCUT2D eigenvalue weighted by molar-refractivity contribution is 5.95. The number of piperidine rings is 1. The summed E-state index contributed by atoms with van der Waals surface area (Å²) in [7, 11) is 1.42. The van der Waals surface area contributed by atoms with Crippen molar-refractivity contribution in [2.45, 2.75) is 83.4 Å². The smallest absolute Gasteiger partial charge is 0.227 e. The van der Waals surface area contributed by atoms with Crippen molar-refractivity contribution in [2.75, 3.05) is 12.0 Å². The third-order valence-electron chi connectivity index (χ3n) is 8.60. The fourth-order valence-corrected chi connectivity index (χ4v) is 6.51. The number of halogens is 1. The average molecular weight is 547 g/mol. The number of benzene rings is 2. The van der Waals surface area contributed by atoms with E-state index in [1.807, 2.05) is 20.8 Å². The van der Waals surface area contributed by atoms with E-state index in [2.05, 4.69) is 27.9 Å². The maximum absolute atomic E-state index is 14.8. The number of aromatic nitrogens is 3. The molecule has 6 rings (SSSR count). The van der Waals surface area contributed by atoms with E-state index in [4.69, 9.17) is 14.2 Å². The average Bonchev–Trinajstić information content (AvgIpc) is 3.47. The van der Waals surface area contributed by atoms with Gasteiger partial charge in [0.05, 0.1) is 35.5 Å². The van der Waals surface area contributed by atoms with Gasteiger partial charge in [0, 0.05) is 29.8 Å². The summed E-state index contributed by atoms with van der Waals surface area (Å²) in [6, 6.07) is 10.6. The second kappa shape index (κ2) is 10.0. The molecule has 4 aromatic rings. The molecular formula is C31H35FN4O4. The largest absolute Gasteiger partial charge is 0.494 e. The van der Waals surface area contributed by atoms with Gasteiger partial charge in [-0.2, -0.15) is 0 Å². The molecule has 1 saturated carbocycles. The van der Waals surface area contributed by atoms with Gasteiger partial charge in [-0.25, -0.2) is 9.37 Å². The summed E-state index contributed by atoms with van der Waals surface area (Å²) in [5, 5.41) is 14.8. The van der Waals surface area contributed by atoms with Gasteiger partial charge in [0.1, 0.15) is 11.6 Å². The van der Waals surface area contributed by atoms with Crippen LogP contribution < -0.4 is 9.64 Å². The van der Waals surface area contributed by atoms with Crippen molar-refractivity contribution in [3.8, 4) is 16.9 Å². The molecule has 2 aliphatic rings. The van der Waals surface area contributed by atoms with Crippen molar-refractivity contribution < 1.29 is 23.6 Å². The van der Waals surface area contributed by atoms with Crippen LogP contribution in [0.25, 0.3) is 22.2 Å². The first-order valence-electron chi connectivity index (χ1n) is 14.0.